The predicted molar refractivity (Wildman–Crippen MR) is 127 cm³/mol. The minimum Gasteiger partial charge on any atom is -0.411 e. The van der Waals surface area contributed by atoms with Gasteiger partial charge in [-0.05, 0) is 54.8 Å². The maximum atomic E-state index is 9.83. The molecule has 0 fully saturated rings. The van der Waals surface area contributed by atoms with E-state index < -0.39 is 0 Å². The van der Waals surface area contributed by atoms with Gasteiger partial charge < -0.3 is 14.8 Å². The zero-order chi connectivity index (χ0) is 22.2. The Morgan fingerprint density at radius 2 is 1.84 bits per heavy atom. The molecule has 5 nitrogen and oxygen atoms in total. The molecule has 0 spiro atoms. The molecule has 0 aliphatic heterocycles. The molecule has 0 amide bonds. The Bertz CT molecular complexity index is 1020. The lowest BCUT2D eigenvalue weighted by Crippen LogP contribution is -2.22. The van der Waals surface area contributed by atoms with Crippen molar-refractivity contribution in [3.8, 4) is 0 Å². The van der Waals surface area contributed by atoms with Crippen molar-refractivity contribution >= 4 is 11.4 Å². The molecule has 3 rings (SSSR count). The zero-order valence-electron chi connectivity index (χ0n) is 18.7. The Labute approximate surface area is 185 Å². The van der Waals surface area contributed by atoms with Crippen LogP contribution in [0, 0.1) is 13.8 Å². The summed E-state index contributed by atoms with van der Waals surface area (Å²) in [7, 11) is 3.78. The molecule has 0 aliphatic rings. The number of nitrogens with zero attached hydrogens (tertiary/aromatic N) is 3. The summed E-state index contributed by atoms with van der Waals surface area (Å²) in [6.45, 7) is 5.59. The Morgan fingerprint density at radius 1 is 1.10 bits per heavy atom. The minimum absolute atomic E-state index is 0.0684. The van der Waals surface area contributed by atoms with Crippen molar-refractivity contribution in [3.63, 3.8) is 0 Å². The normalized spacial score (nSPS) is 12.6. The summed E-state index contributed by atoms with van der Waals surface area (Å²) in [5, 5.41) is 13.5. The molecule has 0 radical (unpaired) electrons. The molecule has 31 heavy (non-hydrogen) atoms. The van der Waals surface area contributed by atoms with E-state index >= 15 is 0 Å². The maximum Gasteiger partial charge on any atom is 0.0878 e. The van der Waals surface area contributed by atoms with Crippen LogP contribution >= 0.6 is 0 Å². The minimum atomic E-state index is 0.0684. The Hall–Kier alpha value is -3.18. The number of hydrogen-bond acceptors (Lipinski definition) is 5. The van der Waals surface area contributed by atoms with Crippen molar-refractivity contribution in [1.82, 2.24) is 4.98 Å². The summed E-state index contributed by atoms with van der Waals surface area (Å²) in [6, 6.07) is 20.9. The van der Waals surface area contributed by atoms with Gasteiger partial charge in [0.15, 0.2) is 0 Å². The fourth-order valence-electron chi connectivity index (χ4n) is 3.84. The number of oxime groups is 1. The average Bonchev–Trinajstić information content (AvgIpc) is 2.79. The molecule has 1 heterocycles. The standard InChI is InChI=1S/C26H31N3O2/c1-19-7-5-6-8-24(19)25(18-26(28-30)22-13-14-27-20(2)17-22)21-9-11-23(12-10-21)29(3)15-16-31-4/h5-14,17,25,30H,15-16,18H2,1-4H3/t25-/m1/s1. The first kappa shape index (κ1) is 22.5. The lowest BCUT2D eigenvalue weighted by Gasteiger charge is -2.23. The summed E-state index contributed by atoms with van der Waals surface area (Å²) in [5.74, 6) is 0.0684. The fourth-order valence-corrected chi connectivity index (χ4v) is 3.84. The monoisotopic (exact) mass is 417 g/mol. The van der Waals surface area contributed by atoms with E-state index in [2.05, 4.69) is 77.5 Å². The predicted octanol–water partition coefficient (Wildman–Crippen LogP) is 5.18. The average molecular weight is 418 g/mol. The summed E-state index contributed by atoms with van der Waals surface area (Å²) in [5.41, 5.74) is 7.22. The smallest absolute Gasteiger partial charge is 0.0878 e. The van der Waals surface area contributed by atoms with Crippen molar-refractivity contribution in [2.45, 2.75) is 26.2 Å². The van der Waals surface area contributed by atoms with Crippen LogP contribution in [0.2, 0.25) is 0 Å². The van der Waals surface area contributed by atoms with Gasteiger partial charge in [0.1, 0.15) is 0 Å². The van der Waals surface area contributed by atoms with E-state index in [1.165, 1.54) is 16.7 Å². The van der Waals surface area contributed by atoms with Gasteiger partial charge in [-0.15, -0.1) is 0 Å². The molecule has 0 saturated heterocycles. The highest BCUT2D eigenvalue weighted by Gasteiger charge is 2.20. The van der Waals surface area contributed by atoms with Gasteiger partial charge in [-0.3, -0.25) is 4.98 Å². The number of rotatable bonds is 9. The molecule has 3 aromatic rings. The molecule has 0 unspecified atom stereocenters. The third-order valence-corrected chi connectivity index (χ3v) is 5.68. The fraction of sp³-hybridized carbons (Fsp3) is 0.308. The van der Waals surface area contributed by atoms with Crippen LogP contribution < -0.4 is 4.90 Å². The summed E-state index contributed by atoms with van der Waals surface area (Å²) in [6.07, 6.45) is 2.34. The van der Waals surface area contributed by atoms with E-state index in [4.69, 9.17) is 4.74 Å². The van der Waals surface area contributed by atoms with Gasteiger partial charge in [0.05, 0.1) is 12.3 Å². The number of methoxy groups -OCH3 is 1. The third-order valence-electron chi connectivity index (χ3n) is 5.68. The molecule has 5 heteroatoms. The van der Waals surface area contributed by atoms with E-state index in [0.29, 0.717) is 18.7 Å². The maximum absolute atomic E-state index is 9.83. The second kappa shape index (κ2) is 10.7. The van der Waals surface area contributed by atoms with Gasteiger partial charge >= 0.3 is 0 Å². The summed E-state index contributed by atoms with van der Waals surface area (Å²) >= 11 is 0. The van der Waals surface area contributed by atoms with E-state index in [0.717, 1.165) is 23.5 Å². The summed E-state index contributed by atoms with van der Waals surface area (Å²) in [4.78, 5) is 6.44. The van der Waals surface area contributed by atoms with Crippen LogP contribution in [0.25, 0.3) is 0 Å². The lowest BCUT2D eigenvalue weighted by molar-refractivity contribution is 0.206. The van der Waals surface area contributed by atoms with E-state index in [-0.39, 0.29) is 5.92 Å². The first-order valence-electron chi connectivity index (χ1n) is 10.5. The highest BCUT2D eigenvalue weighted by molar-refractivity contribution is 6.01. The Kier molecular flexibility index (Phi) is 7.79. The molecule has 0 aliphatic carbocycles. The van der Waals surface area contributed by atoms with Gasteiger partial charge in [0, 0.05) is 56.2 Å². The van der Waals surface area contributed by atoms with Crippen LogP contribution in [0.3, 0.4) is 0 Å². The third kappa shape index (κ3) is 5.70. The van der Waals surface area contributed by atoms with Crippen molar-refractivity contribution < 1.29 is 9.94 Å². The first-order chi connectivity index (χ1) is 15.0. The largest absolute Gasteiger partial charge is 0.411 e. The second-order valence-corrected chi connectivity index (χ2v) is 7.85. The quantitative estimate of drug-likeness (QED) is 0.296. The number of pyridine rings is 1. The Balaban J connectivity index is 1.95. The van der Waals surface area contributed by atoms with Crippen LogP contribution in [0.4, 0.5) is 5.69 Å². The molecule has 1 aromatic heterocycles. The molecule has 0 bridgehead atoms. The number of aryl methyl sites for hydroxylation is 2. The molecule has 0 saturated carbocycles. The van der Waals surface area contributed by atoms with Gasteiger partial charge in [0.2, 0.25) is 0 Å². The van der Waals surface area contributed by atoms with E-state index in [1.807, 2.05) is 19.1 Å². The van der Waals surface area contributed by atoms with Crippen LogP contribution in [0.1, 0.15) is 40.3 Å². The van der Waals surface area contributed by atoms with Crippen molar-refractivity contribution in [2.24, 2.45) is 5.16 Å². The number of aromatic nitrogens is 1. The molecule has 162 valence electrons. The van der Waals surface area contributed by atoms with Crippen molar-refractivity contribution in [2.75, 3.05) is 32.2 Å². The van der Waals surface area contributed by atoms with Gasteiger partial charge in [-0.25, -0.2) is 0 Å². The van der Waals surface area contributed by atoms with Gasteiger partial charge in [-0.1, -0.05) is 41.6 Å². The van der Waals surface area contributed by atoms with E-state index in [9.17, 15) is 5.21 Å². The topological polar surface area (TPSA) is 58.0 Å². The van der Waals surface area contributed by atoms with Gasteiger partial charge in [-0.2, -0.15) is 0 Å². The molecule has 2 aromatic carbocycles. The Morgan fingerprint density at radius 3 is 2.48 bits per heavy atom. The lowest BCUT2D eigenvalue weighted by atomic mass is 9.83. The van der Waals surface area contributed by atoms with Crippen molar-refractivity contribution in [3.05, 3.63) is 94.8 Å². The van der Waals surface area contributed by atoms with Crippen LogP contribution in [0.5, 0.6) is 0 Å². The second-order valence-electron chi connectivity index (χ2n) is 7.85. The number of ether oxygens (including phenoxy) is 1. The SMILES string of the molecule is COCCN(C)c1ccc([C@@H](CC(=NO)c2ccnc(C)c2)c2ccccc2C)cc1. The molecule has 1 atom stereocenters. The van der Waals surface area contributed by atoms with Gasteiger partial charge in [0.25, 0.3) is 0 Å². The number of hydrogen-bond donors (Lipinski definition) is 1. The van der Waals surface area contributed by atoms with Crippen LogP contribution in [0.15, 0.2) is 72.0 Å². The van der Waals surface area contributed by atoms with E-state index in [1.54, 1.807) is 13.3 Å². The highest BCUT2D eigenvalue weighted by Crippen LogP contribution is 2.33. The molecule has 1 N–H and O–H groups in total. The molecular formula is C26H31N3O2. The van der Waals surface area contributed by atoms with Crippen molar-refractivity contribution in [1.29, 1.82) is 0 Å². The number of anilines is 1. The first-order valence-corrected chi connectivity index (χ1v) is 10.5. The highest BCUT2D eigenvalue weighted by atomic mass is 16.5. The summed E-state index contributed by atoms with van der Waals surface area (Å²) < 4.78 is 5.19. The van der Waals surface area contributed by atoms with Crippen LogP contribution in [-0.2, 0) is 4.74 Å². The van der Waals surface area contributed by atoms with Crippen LogP contribution in [-0.4, -0.2) is 43.2 Å². The molecular weight excluding hydrogens is 386 g/mol. The zero-order valence-corrected chi connectivity index (χ0v) is 18.7. The number of likely N-dealkylation sites (N-methyl/N-ethyl adjacent to an activating group) is 1. The number of benzene rings is 2.